The van der Waals surface area contributed by atoms with E-state index in [1.54, 1.807) is 19.6 Å². The number of aromatic nitrogens is 2. The molecule has 176 valence electrons. The van der Waals surface area contributed by atoms with Crippen LogP contribution in [0.5, 0.6) is 5.75 Å². The fraction of sp³-hybridized carbons (Fsp3) is 0.280. The van der Waals surface area contributed by atoms with Crippen LogP contribution in [0.2, 0.25) is 0 Å². The Morgan fingerprint density at radius 1 is 1.15 bits per heavy atom. The Kier molecular flexibility index (Phi) is 6.35. The van der Waals surface area contributed by atoms with Gasteiger partial charge in [0.1, 0.15) is 30.1 Å². The van der Waals surface area contributed by atoms with Gasteiger partial charge < -0.3 is 29.8 Å². The van der Waals surface area contributed by atoms with Crippen molar-refractivity contribution in [3.63, 3.8) is 0 Å². The number of H-pyrrole nitrogens is 1. The Hall–Kier alpha value is -3.98. The van der Waals surface area contributed by atoms with Gasteiger partial charge in [0.15, 0.2) is 6.26 Å². The molecule has 4 heterocycles. The molecule has 2 aromatic heterocycles. The van der Waals surface area contributed by atoms with E-state index in [-0.39, 0.29) is 5.56 Å². The van der Waals surface area contributed by atoms with Crippen molar-refractivity contribution in [2.24, 2.45) is 0 Å². The van der Waals surface area contributed by atoms with Crippen molar-refractivity contribution in [2.75, 3.05) is 38.7 Å². The lowest BCUT2D eigenvalue weighted by molar-refractivity contribution is 0.238. The van der Waals surface area contributed by atoms with Crippen LogP contribution in [0.25, 0.3) is 16.5 Å². The van der Waals surface area contributed by atoms with Crippen molar-refractivity contribution < 1.29 is 14.2 Å². The number of nitrogens with one attached hydrogen (secondary N) is 3. The fourth-order valence-corrected chi connectivity index (χ4v) is 4.09. The van der Waals surface area contributed by atoms with Crippen LogP contribution in [0.1, 0.15) is 18.5 Å². The Morgan fingerprint density at radius 3 is 2.76 bits per heavy atom. The Balaban J connectivity index is 1.36. The number of nitrogens with zero attached hydrogens (tertiary/aromatic N) is 2. The highest BCUT2D eigenvalue weighted by molar-refractivity contribution is 5.94. The molecule has 1 aromatic carbocycles. The van der Waals surface area contributed by atoms with Crippen molar-refractivity contribution in [1.82, 2.24) is 20.2 Å². The molecule has 2 aliphatic rings. The highest BCUT2D eigenvalue weighted by Crippen LogP contribution is 2.27. The van der Waals surface area contributed by atoms with Gasteiger partial charge in [-0.1, -0.05) is 0 Å². The van der Waals surface area contributed by atoms with Crippen molar-refractivity contribution in [2.45, 2.75) is 12.8 Å². The summed E-state index contributed by atoms with van der Waals surface area (Å²) < 4.78 is 16.5. The topological polar surface area (TPSA) is 101 Å². The number of methoxy groups -OCH3 is 1. The molecule has 1 saturated heterocycles. The van der Waals surface area contributed by atoms with Gasteiger partial charge in [-0.3, -0.25) is 9.69 Å². The molecule has 1 fully saturated rings. The van der Waals surface area contributed by atoms with Crippen LogP contribution in [0, 0.1) is 0 Å². The molecule has 0 aliphatic carbocycles. The van der Waals surface area contributed by atoms with E-state index in [4.69, 9.17) is 19.2 Å². The second kappa shape index (κ2) is 9.88. The molecule has 9 heteroatoms. The van der Waals surface area contributed by atoms with Gasteiger partial charge in [0.2, 0.25) is 5.88 Å². The molecule has 2 aliphatic heterocycles. The summed E-state index contributed by atoms with van der Waals surface area (Å²) in [6.45, 7) is 3.93. The lowest BCUT2D eigenvalue weighted by Crippen LogP contribution is -2.25. The van der Waals surface area contributed by atoms with Gasteiger partial charge in [0.25, 0.3) is 5.56 Å². The van der Waals surface area contributed by atoms with E-state index >= 15 is 0 Å². The molecule has 3 aromatic rings. The van der Waals surface area contributed by atoms with Crippen molar-refractivity contribution in [3.8, 4) is 5.75 Å². The van der Waals surface area contributed by atoms with Gasteiger partial charge >= 0.3 is 0 Å². The fourth-order valence-electron chi connectivity index (χ4n) is 4.09. The van der Waals surface area contributed by atoms with Gasteiger partial charge in [-0.05, 0) is 67.7 Å². The zero-order valence-corrected chi connectivity index (χ0v) is 19.0. The van der Waals surface area contributed by atoms with E-state index in [1.807, 2.05) is 36.4 Å². The summed E-state index contributed by atoms with van der Waals surface area (Å²) in [7, 11) is 1.55. The maximum atomic E-state index is 12.6. The molecule has 0 bridgehead atoms. The third kappa shape index (κ3) is 4.84. The van der Waals surface area contributed by atoms with Crippen LogP contribution in [0.3, 0.4) is 0 Å². The molecule has 34 heavy (non-hydrogen) atoms. The number of hydrogen-bond donors (Lipinski definition) is 3. The monoisotopic (exact) mass is 461 g/mol. The first-order valence-corrected chi connectivity index (χ1v) is 11.3. The van der Waals surface area contributed by atoms with E-state index in [9.17, 15) is 4.79 Å². The number of fused-ring (bicyclic) bond motifs is 1. The van der Waals surface area contributed by atoms with Crippen LogP contribution in [0.4, 0.5) is 11.5 Å². The van der Waals surface area contributed by atoms with Crippen LogP contribution in [0.15, 0.2) is 65.8 Å². The Bertz CT molecular complexity index is 1280. The summed E-state index contributed by atoms with van der Waals surface area (Å²) in [4.78, 5) is 22.5. The zero-order valence-electron chi connectivity index (χ0n) is 19.0. The summed E-state index contributed by atoms with van der Waals surface area (Å²) in [5.74, 6) is 1.70. The molecule has 0 radical (unpaired) electrons. The maximum Gasteiger partial charge on any atom is 0.259 e. The van der Waals surface area contributed by atoms with Crippen molar-refractivity contribution >= 4 is 28.0 Å². The average molecular weight is 462 g/mol. The second-order valence-electron chi connectivity index (χ2n) is 8.15. The SMILES string of the molecule is COC1=COC=C(c2cc3cc[nH]c(=O)c3c(Nc3ccc(OCCN4CCCC4)cc3)n2)N1. The van der Waals surface area contributed by atoms with Crippen LogP contribution in [-0.2, 0) is 9.47 Å². The summed E-state index contributed by atoms with van der Waals surface area (Å²) in [5, 5.41) is 7.61. The predicted octanol–water partition coefficient (Wildman–Crippen LogP) is 3.50. The number of hydrogen-bond acceptors (Lipinski definition) is 8. The van der Waals surface area contributed by atoms with Gasteiger partial charge in [-0.2, -0.15) is 0 Å². The van der Waals surface area contributed by atoms with Crippen molar-refractivity contribution in [1.29, 1.82) is 0 Å². The minimum atomic E-state index is -0.222. The summed E-state index contributed by atoms with van der Waals surface area (Å²) in [5.41, 5.74) is 1.79. The normalized spacial score (nSPS) is 15.8. The number of benzene rings is 1. The van der Waals surface area contributed by atoms with Gasteiger partial charge in [0.05, 0.1) is 18.2 Å². The number of anilines is 2. The summed E-state index contributed by atoms with van der Waals surface area (Å²) in [6.07, 6.45) is 7.17. The molecular weight excluding hydrogens is 434 g/mol. The van der Waals surface area contributed by atoms with E-state index in [1.165, 1.54) is 19.1 Å². The molecule has 3 N–H and O–H groups in total. The lowest BCUT2D eigenvalue weighted by atomic mass is 10.1. The Labute approximate surface area is 197 Å². The number of aromatic amines is 1. The zero-order chi connectivity index (χ0) is 23.3. The molecule has 0 saturated carbocycles. The molecule has 0 atom stereocenters. The first-order valence-electron chi connectivity index (χ1n) is 11.3. The second-order valence-corrected chi connectivity index (χ2v) is 8.15. The van der Waals surface area contributed by atoms with Crippen molar-refractivity contribution in [3.05, 3.63) is 77.1 Å². The molecule has 9 nitrogen and oxygen atoms in total. The largest absolute Gasteiger partial charge is 0.492 e. The minimum absolute atomic E-state index is 0.222. The van der Waals surface area contributed by atoms with Gasteiger partial charge in [-0.15, -0.1) is 0 Å². The van der Waals surface area contributed by atoms with E-state index in [0.717, 1.165) is 36.5 Å². The molecular formula is C25H27N5O4. The van der Waals surface area contributed by atoms with Crippen LogP contribution < -0.4 is 20.9 Å². The summed E-state index contributed by atoms with van der Waals surface area (Å²) >= 11 is 0. The van der Waals surface area contributed by atoms with Gasteiger partial charge in [-0.25, -0.2) is 4.98 Å². The maximum absolute atomic E-state index is 12.6. The third-order valence-electron chi connectivity index (χ3n) is 5.86. The lowest BCUT2D eigenvalue weighted by Gasteiger charge is -2.18. The van der Waals surface area contributed by atoms with E-state index in [0.29, 0.717) is 35.1 Å². The number of rotatable bonds is 8. The number of ether oxygens (including phenoxy) is 3. The number of pyridine rings is 2. The minimum Gasteiger partial charge on any atom is -0.492 e. The quantitative estimate of drug-likeness (QED) is 0.469. The first kappa shape index (κ1) is 21.8. The van der Waals surface area contributed by atoms with Crippen LogP contribution in [-0.4, -0.2) is 48.2 Å². The van der Waals surface area contributed by atoms with E-state index in [2.05, 4.69) is 20.5 Å². The smallest absolute Gasteiger partial charge is 0.259 e. The average Bonchev–Trinajstić information content (AvgIpc) is 3.39. The van der Waals surface area contributed by atoms with E-state index < -0.39 is 0 Å². The highest BCUT2D eigenvalue weighted by atomic mass is 16.5. The standard InChI is InChI=1S/C25H27N5O4/c1-32-22-16-33-15-21(28-22)20-14-17-8-9-26-25(31)23(17)24(29-20)27-18-4-6-19(7-5-18)34-13-12-30-10-2-3-11-30/h4-9,14-16,28H,2-3,10-13H2,1H3,(H,26,31)(H,27,29). The predicted molar refractivity (Wildman–Crippen MR) is 131 cm³/mol. The van der Waals surface area contributed by atoms with Gasteiger partial charge in [0, 0.05) is 18.4 Å². The Morgan fingerprint density at radius 2 is 1.97 bits per heavy atom. The molecule has 0 amide bonds. The van der Waals surface area contributed by atoms with Crippen LogP contribution >= 0.6 is 0 Å². The first-order chi connectivity index (χ1) is 16.7. The molecule has 0 spiro atoms. The third-order valence-corrected chi connectivity index (χ3v) is 5.86. The number of likely N-dealkylation sites (tertiary alicyclic amines) is 1. The highest BCUT2D eigenvalue weighted by Gasteiger charge is 2.16. The molecule has 0 unspecified atom stereocenters. The molecule has 5 rings (SSSR count). The summed E-state index contributed by atoms with van der Waals surface area (Å²) in [6, 6.07) is 11.3.